The molecule has 0 radical (unpaired) electrons. The van der Waals surface area contributed by atoms with Gasteiger partial charge in [-0.3, -0.25) is 9.59 Å². The molecular formula is C17H29NO3. The first-order valence-electron chi connectivity index (χ1n) is 8.10. The van der Waals surface area contributed by atoms with E-state index in [9.17, 15) is 14.7 Å². The van der Waals surface area contributed by atoms with E-state index in [0.29, 0.717) is 25.3 Å². The molecule has 0 aromatic heterocycles. The van der Waals surface area contributed by atoms with E-state index in [2.05, 4.69) is 27.7 Å². The van der Waals surface area contributed by atoms with Crippen LogP contribution in [0, 0.1) is 17.8 Å². The Morgan fingerprint density at radius 2 is 1.67 bits per heavy atom. The summed E-state index contributed by atoms with van der Waals surface area (Å²) in [6.45, 7) is 9.07. The quantitative estimate of drug-likeness (QED) is 0.733. The topological polar surface area (TPSA) is 57.6 Å². The summed E-state index contributed by atoms with van der Waals surface area (Å²) >= 11 is 0. The lowest BCUT2D eigenvalue weighted by molar-refractivity contribution is -0.152. The summed E-state index contributed by atoms with van der Waals surface area (Å²) in [5.41, 5.74) is 0. The van der Waals surface area contributed by atoms with Gasteiger partial charge in [0.15, 0.2) is 0 Å². The lowest BCUT2D eigenvalue weighted by atomic mass is 9.81. The van der Waals surface area contributed by atoms with Crippen molar-refractivity contribution in [1.82, 2.24) is 4.90 Å². The van der Waals surface area contributed by atoms with Crippen molar-refractivity contribution in [2.45, 2.75) is 59.4 Å². The van der Waals surface area contributed by atoms with Gasteiger partial charge in [-0.15, -0.1) is 0 Å². The average Bonchev–Trinajstić information content (AvgIpc) is 2.46. The van der Waals surface area contributed by atoms with Gasteiger partial charge in [-0.25, -0.2) is 0 Å². The van der Waals surface area contributed by atoms with Crippen LogP contribution in [0.1, 0.15) is 53.4 Å². The molecule has 0 saturated carbocycles. The molecule has 1 rings (SSSR count). The number of allylic oxidation sites excluding steroid dienone is 2. The molecule has 2 atom stereocenters. The van der Waals surface area contributed by atoms with Crippen LogP contribution in [0.5, 0.6) is 0 Å². The average molecular weight is 295 g/mol. The number of carboxylic acids is 1. The number of aliphatic carboxylic acids is 1. The normalized spacial score (nSPS) is 21.8. The fourth-order valence-electron chi connectivity index (χ4n) is 3.11. The Labute approximate surface area is 128 Å². The molecule has 21 heavy (non-hydrogen) atoms. The van der Waals surface area contributed by atoms with Crippen LogP contribution < -0.4 is 0 Å². The van der Waals surface area contributed by atoms with E-state index in [1.165, 1.54) is 0 Å². The largest absolute Gasteiger partial charge is 0.481 e. The zero-order valence-corrected chi connectivity index (χ0v) is 13.7. The molecule has 2 unspecified atom stereocenters. The minimum absolute atomic E-state index is 0.0224. The Balaban J connectivity index is 2.97. The molecule has 0 bridgehead atoms. The van der Waals surface area contributed by atoms with Crippen molar-refractivity contribution in [1.29, 1.82) is 0 Å². The van der Waals surface area contributed by atoms with Crippen molar-refractivity contribution in [2.75, 3.05) is 6.54 Å². The first kappa shape index (κ1) is 17.7. The molecular weight excluding hydrogens is 266 g/mol. The molecule has 1 amide bonds. The van der Waals surface area contributed by atoms with Gasteiger partial charge in [0.1, 0.15) is 0 Å². The number of nitrogens with zero attached hydrogens (tertiary/aromatic N) is 1. The van der Waals surface area contributed by atoms with E-state index in [0.717, 1.165) is 12.8 Å². The monoisotopic (exact) mass is 295 g/mol. The first-order chi connectivity index (χ1) is 9.92. The number of rotatable bonds is 7. The van der Waals surface area contributed by atoms with E-state index >= 15 is 0 Å². The second kappa shape index (κ2) is 8.20. The van der Waals surface area contributed by atoms with Crippen LogP contribution in [0.25, 0.3) is 0 Å². The molecule has 1 aliphatic rings. The van der Waals surface area contributed by atoms with Gasteiger partial charge in [-0.2, -0.15) is 0 Å². The number of carbonyl (C=O) groups is 2. The summed E-state index contributed by atoms with van der Waals surface area (Å²) in [5.74, 6) is -1.43. The maximum Gasteiger partial charge on any atom is 0.307 e. The van der Waals surface area contributed by atoms with Gasteiger partial charge >= 0.3 is 5.97 Å². The Bertz CT molecular complexity index is 385. The van der Waals surface area contributed by atoms with Gasteiger partial charge in [0, 0.05) is 12.6 Å². The van der Waals surface area contributed by atoms with Crippen molar-refractivity contribution in [3.05, 3.63) is 12.2 Å². The minimum atomic E-state index is -0.855. The van der Waals surface area contributed by atoms with Gasteiger partial charge < -0.3 is 10.0 Å². The molecule has 0 aromatic carbocycles. The third-order valence-electron chi connectivity index (χ3n) is 4.29. The minimum Gasteiger partial charge on any atom is -0.481 e. The van der Waals surface area contributed by atoms with Crippen molar-refractivity contribution in [3.63, 3.8) is 0 Å². The third kappa shape index (κ3) is 4.58. The summed E-state index contributed by atoms with van der Waals surface area (Å²) in [6, 6.07) is 0.209. The van der Waals surface area contributed by atoms with Crippen LogP contribution in [0.3, 0.4) is 0 Å². The SMILES string of the molecule is CCC(CC)N(CC(C)C)C(=O)C1CC=CCC1C(=O)O. The van der Waals surface area contributed by atoms with E-state index in [1.54, 1.807) is 0 Å². The van der Waals surface area contributed by atoms with E-state index in [4.69, 9.17) is 0 Å². The van der Waals surface area contributed by atoms with Gasteiger partial charge in [-0.05, 0) is 31.6 Å². The Morgan fingerprint density at radius 3 is 2.10 bits per heavy atom. The zero-order chi connectivity index (χ0) is 16.0. The fourth-order valence-corrected chi connectivity index (χ4v) is 3.11. The summed E-state index contributed by atoms with van der Waals surface area (Å²) in [7, 11) is 0. The van der Waals surface area contributed by atoms with E-state index in [-0.39, 0.29) is 11.9 Å². The Kier molecular flexibility index (Phi) is 6.93. The lowest BCUT2D eigenvalue weighted by Gasteiger charge is -2.37. The lowest BCUT2D eigenvalue weighted by Crippen LogP contribution is -2.48. The predicted molar refractivity (Wildman–Crippen MR) is 83.9 cm³/mol. The Hall–Kier alpha value is -1.32. The zero-order valence-electron chi connectivity index (χ0n) is 13.7. The molecule has 4 heteroatoms. The van der Waals surface area contributed by atoms with Crippen LogP contribution in [-0.2, 0) is 9.59 Å². The second-order valence-corrected chi connectivity index (χ2v) is 6.35. The molecule has 1 aliphatic carbocycles. The highest BCUT2D eigenvalue weighted by atomic mass is 16.4. The fraction of sp³-hybridized carbons (Fsp3) is 0.765. The van der Waals surface area contributed by atoms with Crippen molar-refractivity contribution in [3.8, 4) is 0 Å². The Morgan fingerprint density at radius 1 is 1.14 bits per heavy atom. The maximum absolute atomic E-state index is 12.9. The summed E-state index contributed by atoms with van der Waals surface area (Å²) < 4.78 is 0. The van der Waals surface area contributed by atoms with Gasteiger partial charge in [-0.1, -0.05) is 39.8 Å². The van der Waals surface area contributed by atoms with Crippen LogP contribution in [0.15, 0.2) is 12.2 Å². The number of amides is 1. The molecule has 0 heterocycles. The number of carboxylic acid groups (broad SMARTS) is 1. The number of carbonyl (C=O) groups excluding carboxylic acids is 1. The van der Waals surface area contributed by atoms with Crippen LogP contribution in [-0.4, -0.2) is 34.5 Å². The molecule has 0 saturated heterocycles. The van der Waals surface area contributed by atoms with Crippen molar-refractivity contribution >= 4 is 11.9 Å². The summed E-state index contributed by atoms with van der Waals surface area (Å²) in [5, 5.41) is 9.37. The molecule has 0 aromatic rings. The van der Waals surface area contributed by atoms with Gasteiger partial charge in [0.2, 0.25) is 5.91 Å². The molecule has 0 spiro atoms. The second-order valence-electron chi connectivity index (χ2n) is 6.35. The smallest absolute Gasteiger partial charge is 0.307 e. The van der Waals surface area contributed by atoms with Gasteiger partial charge in [0.05, 0.1) is 11.8 Å². The third-order valence-corrected chi connectivity index (χ3v) is 4.29. The molecule has 0 aliphatic heterocycles. The first-order valence-corrected chi connectivity index (χ1v) is 8.10. The summed E-state index contributed by atoms with van der Waals surface area (Å²) in [4.78, 5) is 26.3. The molecule has 1 N–H and O–H groups in total. The molecule has 4 nitrogen and oxygen atoms in total. The highest BCUT2D eigenvalue weighted by Crippen LogP contribution is 2.29. The van der Waals surface area contributed by atoms with Crippen molar-refractivity contribution < 1.29 is 14.7 Å². The van der Waals surface area contributed by atoms with E-state index < -0.39 is 17.8 Å². The molecule has 120 valence electrons. The van der Waals surface area contributed by atoms with Crippen molar-refractivity contribution in [2.24, 2.45) is 17.8 Å². The highest BCUT2D eigenvalue weighted by molar-refractivity contribution is 5.85. The van der Waals surface area contributed by atoms with Gasteiger partial charge in [0.25, 0.3) is 0 Å². The van der Waals surface area contributed by atoms with Crippen LogP contribution in [0.2, 0.25) is 0 Å². The van der Waals surface area contributed by atoms with Crippen LogP contribution in [0.4, 0.5) is 0 Å². The van der Waals surface area contributed by atoms with E-state index in [1.807, 2.05) is 17.1 Å². The predicted octanol–water partition coefficient (Wildman–Crippen LogP) is 3.33. The van der Waals surface area contributed by atoms with Crippen LogP contribution >= 0.6 is 0 Å². The number of hydrogen-bond donors (Lipinski definition) is 1. The number of hydrogen-bond acceptors (Lipinski definition) is 2. The highest BCUT2D eigenvalue weighted by Gasteiger charge is 2.37. The summed E-state index contributed by atoms with van der Waals surface area (Å²) in [6.07, 6.45) is 6.66. The maximum atomic E-state index is 12.9. The standard InChI is InChI=1S/C17H29NO3/c1-5-13(6-2)18(11-12(3)4)16(19)14-9-7-8-10-15(14)17(20)21/h7-8,12-15H,5-6,9-11H2,1-4H3,(H,20,21). The molecule has 0 fully saturated rings.